The van der Waals surface area contributed by atoms with Gasteiger partial charge in [-0.25, -0.2) is 9.48 Å². The Labute approximate surface area is 117 Å². The minimum Gasteiger partial charge on any atom is -0.480 e. The molecule has 112 valence electrons. The summed E-state index contributed by atoms with van der Waals surface area (Å²) in [5.41, 5.74) is 0.279. The molecule has 1 heterocycles. The second kappa shape index (κ2) is 6.88. The van der Waals surface area contributed by atoms with Gasteiger partial charge in [0, 0.05) is 5.54 Å². The number of nitrogens with zero attached hydrogens (tertiary/aromatic N) is 3. The van der Waals surface area contributed by atoms with Crippen LogP contribution < -0.4 is 10.6 Å². The van der Waals surface area contributed by atoms with E-state index in [1.54, 1.807) is 0 Å². The first-order valence-corrected chi connectivity index (χ1v) is 6.55. The van der Waals surface area contributed by atoms with Crippen molar-refractivity contribution in [3.8, 4) is 0 Å². The highest BCUT2D eigenvalue weighted by atomic mass is 16.4. The van der Waals surface area contributed by atoms with Crippen molar-refractivity contribution in [2.45, 2.75) is 52.2 Å². The first kappa shape index (κ1) is 15.9. The zero-order valence-electron chi connectivity index (χ0n) is 12.0. The lowest BCUT2D eigenvalue weighted by Gasteiger charge is -2.28. The van der Waals surface area contributed by atoms with Gasteiger partial charge in [-0.1, -0.05) is 19.1 Å². The standard InChI is InChI=1S/C12H21N5O3/c1-4-12(3,5-2)14-11(20)13-6-9-7-17(16-15-9)8-10(18)19/h7H,4-6,8H2,1-3H3,(H,18,19)(H2,13,14,20). The maximum atomic E-state index is 11.8. The van der Waals surface area contributed by atoms with Crippen molar-refractivity contribution >= 4 is 12.0 Å². The third-order valence-electron chi connectivity index (χ3n) is 3.29. The maximum Gasteiger partial charge on any atom is 0.325 e. The Morgan fingerprint density at radius 3 is 2.60 bits per heavy atom. The lowest BCUT2D eigenvalue weighted by molar-refractivity contribution is -0.137. The Morgan fingerprint density at radius 2 is 2.05 bits per heavy atom. The number of carboxylic acid groups (broad SMARTS) is 1. The highest BCUT2D eigenvalue weighted by Gasteiger charge is 2.21. The van der Waals surface area contributed by atoms with Crippen LogP contribution in [0.2, 0.25) is 0 Å². The third-order valence-corrected chi connectivity index (χ3v) is 3.29. The Bertz CT molecular complexity index is 467. The lowest BCUT2D eigenvalue weighted by Crippen LogP contribution is -2.49. The second-order valence-corrected chi connectivity index (χ2v) is 4.88. The molecule has 0 fully saturated rings. The molecular formula is C12H21N5O3. The van der Waals surface area contributed by atoms with E-state index in [2.05, 4.69) is 20.9 Å². The molecule has 1 rings (SSSR count). The van der Waals surface area contributed by atoms with Gasteiger partial charge in [0.1, 0.15) is 12.2 Å². The quantitative estimate of drug-likeness (QED) is 0.684. The molecule has 0 atom stereocenters. The van der Waals surface area contributed by atoms with Crippen LogP contribution in [-0.2, 0) is 17.9 Å². The SMILES string of the molecule is CCC(C)(CC)NC(=O)NCc1cn(CC(=O)O)nn1. The summed E-state index contributed by atoms with van der Waals surface area (Å²) in [6, 6.07) is -0.274. The number of hydrogen-bond acceptors (Lipinski definition) is 4. The van der Waals surface area contributed by atoms with Crippen molar-refractivity contribution in [2.75, 3.05) is 0 Å². The van der Waals surface area contributed by atoms with E-state index in [-0.39, 0.29) is 24.7 Å². The van der Waals surface area contributed by atoms with Gasteiger partial charge >= 0.3 is 12.0 Å². The van der Waals surface area contributed by atoms with Crippen LogP contribution >= 0.6 is 0 Å². The molecule has 2 amide bonds. The largest absolute Gasteiger partial charge is 0.480 e. The summed E-state index contributed by atoms with van der Waals surface area (Å²) in [4.78, 5) is 22.3. The zero-order valence-corrected chi connectivity index (χ0v) is 12.0. The predicted octanol–water partition coefficient (Wildman–Crippen LogP) is 0.741. The fourth-order valence-electron chi connectivity index (χ4n) is 1.55. The summed E-state index contributed by atoms with van der Waals surface area (Å²) >= 11 is 0. The smallest absolute Gasteiger partial charge is 0.325 e. The number of carbonyl (C=O) groups excluding carboxylic acids is 1. The van der Waals surface area contributed by atoms with Crippen LogP contribution in [-0.4, -0.2) is 37.6 Å². The average molecular weight is 283 g/mol. The molecule has 8 nitrogen and oxygen atoms in total. The van der Waals surface area contributed by atoms with Crippen LogP contribution in [0.1, 0.15) is 39.3 Å². The Hall–Kier alpha value is -2.12. The summed E-state index contributed by atoms with van der Waals surface area (Å²) in [7, 11) is 0. The fourth-order valence-corrected chi connectivity index (χ4v) is 1.55. The van der Waals surface area contributed by atoms with Crippen molar-refractivity contribution in [3.63, 3.8) is 0 Å². The van der Waals surface area contributed by atoms with Crippen molar-refractivity contribution in [1.29, 1.82) is 0 Å². The van der Waals surface area contributed by atoms with Gasteiger partial charge in [-0.15, -0.1) is 5.10 Å². The normalized spacial score (nSPS) is 11.2. The van der Waals surface area contributed by atoms with Crippen LogP contribution in [0, 0.1) is 0 Å². The molecule has 0 saturated heterocycles. The van der Waals surface area contributed by atoms with E-state index in [1.807, 2.05) is 20.8 Å². The van der Waals surface area contributed by atoms with Crippen LogP contribution in [0.25, 0.3) is 0 Å². The van der Waals surface area contributed by atoms with Gasteiger partial charge in [-0.2, -0.15) is 0 Å². The minimum absolute atomic E-state index is 0.203. The van der Waals surface area contributed by atoms with Crippen LogP contribution in [0.4, 0.5) is 4.79 Å². The lowest BCUT2D eigenvalue weighted by atomic mass is 9.96. The molecule has 0 aliphatic rings. The number of aromatic nitrogens is 3. The fraction of sp³-hybridized carbons (Fsp3) is 0.667. The maximum absolute atomic E-state index is 11.8. The first-order chi connectivity index (χ1) is 9.38. The molecule has 0 aliphatic heterocycles. The molecule has 0 radical (unpaired) electrons. The molecule has 3 N–H and O–H groups in total. The third kappa shape index (κ3) is 4.87. The minimum atomic E-state index is -0.992. The highest BCUT2D eigenvalue weighted by Crippen LogP contribution is 2.12. The summed E-state index contributed by atoms with van der Waals surface area (Å²) in [5, 5.41) is 21.6. The molecule has 0 unspecified atom stereocenters. The van der Waals surface area contributed by atoms with Crippen molar-refractivity contribution in [2.24, 2.45) is 0 Å². The van der Waals surface area contributed by atoms with Gasteiger partial charge in [0.25, 0.3) is 0 Å². The molecule has 1 aromatic heterocycles. The number of amides is 2. The topological polar surface area (TPSA) is 109 Å². The molecule has 0 saturated carbocycles. The van der Waals surface area contributed by atoms with E-state index < -0.39 is 5.97 Å². The van der Waals surface area contributed by atoms with E-state index in [0.717, 1.165) is 12.8 Å². The Morgan fingerprint density at radius 1 is 1.40 bits per heavy atom. The Kier molecular flexibility index (Phi) is 5.48. The summed E-state index contributed by atoms with van der Waals surface area (Å²) in [5.74, 6) is -0.992. The molecule has 0 spiro atoms. The molecule has 0 bridgehead atoms. The molecule has 8 heteroatoms. The monoisotopic (exact) mass is 283 g/mol. The van der Waals surface area contributed by atoms with Crippen molar-refractivity contribution < 1.29 is 14.7 Å². The number of aliphatic carboxylic acids is 1. The first-order valence-electron chi connectivity index (χ1n) is 6.55. The van der Waals surface area contributed by atoms with Gasteiger partial charge in [0.15, 0.2) is 0 Å². The molecular weight excluding hydrogens is 262 g/mol. The van der Waals surface area contributed by atoms with Crippen molar-refractivity contribution in [3.05, 3.63) is 11.9 Å². The second-order valence-electron chi connectivity index (χ2n) is 4.88. The molecule has 1 aromatic rings. The Balaban J connectivity index is 2.45. The van der Waals surface area contributed by atoms with Gasteiger partial charge in [-0.3, -0.25) is 4.79 Å². The number of carboxylic acids is 1. The number of hydrogen-bond donors (Lipinski definition) is 3. The highest BCUT2D eigenvalue weighted by molar-refractivity contribution is 5.74. The summed E-state index contributed by atoms with van der Waals surface area (Å²) in [6.45, 7) is 5.97. The van der Waals surface area contributed by atoms with Gasteiger partial charge in [0.05, 0.1) is 12.7 Å². The predicted molar refractivity (Wildman–Crippen MR) is 72.0 cm³/mol. The zero-order chi connectivity index (χ0) is 15.2. The van der Waals surface area contributed by atoms with Crippen LogP contribution in [0.5, 0.6) is 0 Å². The van der Waals surface area contributed by atoms with E-state index in [0.29, 0.717) is 5.69 Å². The average Bonchev–Trinajstić information content (AvgIpc) is 2.83. The van der Waals surface area contributed by atoms with E-state index in [1.165, 1.54) is 10.9 Å². The summed E-state index contributed by atoms with van der Waals surface area (Å²) < 4.78 is 1.21. The van der Waals surface area contributed by atoms with Gasteiger partial charge in [0.2, 0.25) is 0 Å². The molecule has 20 heavy (non-hydrogen) atoms. The number of carbonyl (C=O) groups is 2. The van der Waals surface area contributed by atoms with Gasteiger partial charge < -0.3 is 15.7 Å². The van der Waals surface area contributed by atoms with E-state index in [9.17, 15) is 9.59 Å². The van der Waals surface area contributed by atoms with Gasteiger partial charge in [-0.05, 0) is 19.8 Å². The number of rotatable bonds is 7. The summed E-state index contributed by atoms with van der Waals surface area (Å²) in [6.07, 6.45) is 3.17. The molecule has 0 aromatic carbocycles. The number of urea groups is 1. The van der Waals surface area contributed by atoms with Crippen LogP contribution in [0.15, 0.2) is 6.20 Å². The van der Waals surface area contributed by atoms with Crippen LogP contribution in [0.3, 0.4) is 0 Å². The number of nitrogens with one attached hydrogen (secondary N) is 2. The molecule has 0 aliphatic carbocycles. The van der Waals surface area contributed by atoms with Crippen molar-refractivity contribution in [1.82, 2.24) is 25.6 Å². The van der Waals surface area contributed by atoms with E-state index in [4.69, 9.17) is 5.11 Å². The van der Waals surface area contributed by atoms with E-state index >= 15 is 0 Å².